The molecule has 2 aromatic carbocycles. The third kappa shape index (κ3) is 5.81. The normalized spacial score (nSPS) is 14.1. The summed E-state index contributed by atoms with van der Waals surface area (Å²) in [5, 5.41) is 4.68. The molecule has 1 unspecified atom stereocenters. The molecule has 2 heterocycles. The van der Waals surface area contributed by atoms with Crippen LogP contribution in [0.3, 0.4) is 0 Å². The second kappa shape index (κ2) is 11.2. The Balaban J connectivity index is 1.72. The molecule has 200 valence electrons. The zero-order chi connectivity index (χ0) is 27.3. The monoisotopic (exact) mass is 534 g/mol. The quantitative estimate of drug-likeness (QED) is 0.406. The van der Waals surface area contributed by atoms with Gasteiger partial charge < -0.3 is 29.9 Å². The first-order valence-electron chi connectivity index (χ1n) is 12.5. The Morgan fingerprint density at radius 2 is 1.68 bits per heavy atom. The van der Waals surface area contributed by atoms with Crippen molar-refractivity contribution in [3.8, 4) is 5.75 Å². The summed E-state index contributed by atoms with van der Waals surface area (Å²) in [7, 11) is -1.07. The van der Waals surface area contributed by atoms with Crippen molar-refractivity contribution in [2.24, 2.45) is 5.73 Å². The number of carbonyl (C=O) groups is 2. The van der Waals surface area contributed by atoms with Crippen molar-refractivity contribution in [2.75, 3.05) is 37.0 Å². The van der Waals surface area contributed by atoms with Crippen molar-refractivity contribution in [2.45, 2.75) is 31.9 Å². The van der Waals surface area contributed by atoms with Gasteiger partial charge in [0, 0.05) is 13.6 Å². The molecule has 0 bridgehead atoms. The number of hydrogen-bond donors (Lipinski definition) is 2. The molecule has 0 spiro atoms. The Morgan fingerprint density at radius 1 is 1.08 bits per heavy atom. The van der Waals surface area contributed by atoms with Crippen LogP contribution in [0.5, 0.6) is 5.75 Å². The highest BCUT2D eigenvalue weighted by Gasteiger charge is 2.51. The van der Waals surface area contributed by atoms with E-state index < -0.39 is 20.5 Å². The Hall–Kier alpha value is -3.89. The fourth-order valence-electron chi connectivity index (χ4n) is 4.81. The van der Waals surface area contributed by atoms with Gasteiger partial charge in [0.15, 0.2) is 18.2 Å². The first kappa shape index (κ1) is 27.1. The number of nitrogens with one attached hydrogen (secondary N) is 1. The average Bonchev–Trinajstić information content (AvgIpc) is 2.89. The van der Waals surface area contributed by atoms with Crippen LogP contribution in [0.4, 0.5) is 16.4 Å². The Bertz CT molecular complexity index is 1230. The number of likely N-dealkylation sites (N-methyl/N-ethyl adjacent to an activating group) is 1. The van der Waals surface area contributed by atoms with Crippen LogP contribution in [0.2, 0.25) is 5.04 Å². The van der Waals surface area contributed by atoms with E-state index in [-0.39, 0.29) is 24.2 Å². The molecule has 9 nitrogen and oxygen atoms in total. The van der Waals surface area contributed by atoms with Gasteiger partial charge >= 0.3 is 6.09 Å². The van der Waals surface area contributed by atoms with Crippen LogP contribution in [0.1, 0.15) is 20.8 Å². The molecule has 38 heavy (non-hydrogen) atoms. The number of hydrogen-bond acceptors (Lipinski definition) is 7. The lowest BCUT2D eigenvalue weighted by atomic mass is 10.2. The SMILES string of the molecule is CN(CC(COC(N)=O)O[Si](c1ccccc1)(c1ccccc1)C(C)(C)C)c1ccc2c(n1)NC(=O)CO2. The molecule has 0 aliphatic carbocycles. The molecule has 10 heteroatoms. The average molecular weight is 535 g/mol. The standard InChI is InChI=1S/C28H34N4O5Si/c1-28(2,3)38(21-11-7-5-8-12-21,22-13-9-6-10-14-22)37-20(18-36-27(29)34)17-32(4)24-16-15-23-26(30-24)31-25(33)19-35-23/h5-16,20H,17-19H2,1-4H3,(H2,29,34)(H,30,31,33). The number of amides is 2. The summed E-state index contributed by atoms with van der Waals surface area (Å²) in [6.45, 7) is 6.82. The van der Waals surface area contributed by atoms with Gasteiger partial charge in [-0.2, -0.15) is 0 Å². The van der Waals surface area contributed by atoms with Crippen molar-refractivity contribution in [3.63, 3.8) is 0 Å². The second-order valence-corrected chi connectivity index (χ2v) is 14.5. The zero-order valence-corrected chi connectivity index (χ0v) is 23.1. The van der Waals surface area contributed by atoms with Crippen molar-refractivity contribution >= 4 is 42.3 Å². The topological polar surface area (TPSA) is 116 Å². The minimum Gasteiger partial charge on any atom is -0.480 e. The fourth-order valence-corrected chi connectivity index (χ4v) is 9.46. The van der Waals surface area contributed by atoms with E-state index >= 15 is 0 Å². The molecule has 0 fully saturated rings. The lowest BCUT2D eigenvalue weighted by molar-refractivity contribution is -0.118. The van der Waals surface area contributed by atoms with Gasteiger partial charge in [0.1, 0.15) is 12.4 Å². The molecular weight excluding hydrogens is 500 g/mol. The van der Waals surface area contributed by atoms with Crippen LogP contribution in [0, 0.1) is 0 Å². The molecule has 0 radical (unpaired) electrons. The molecular formula is C28H34N4O5Si. The molecule has 0 saturated carbocycles. The molecule has 2 amide bonds. The van der Waals surface area contributed by atoms with Gasteiger partial charge in [-0.1, -0.05) is 81.4 Å². The lowest BCUT2D eigenvalue weighted by Crippen LogP contribution is -2.68. The molecule has 1 aliphatic rings. The van der Waals surface area contributed by atoms with Gasteiger partial charge in [0.25, 0.3) is 14.2 Å². The first-order valence-corrected chi connectivity index (χ1v) is 14.4. The Morgan fingerprint density at radius 3 is 2.24 bits per heavy atom. The number of nitrogens with two attached hydrogens (primary N) is 1. The maximum absolute atomic E-state index is 11.8. The van der Waals surface area contributed by atoms with E-state index in [2.05, 4.69) is 55.3 Å². The number of primary amides is 1. The van der Waals surface area contributed by atoms with E-state index in [1.54, 1.807) is 6.07 Å². The number of nitrogens with zero attached hydrogens (tertiary/aromatic N) is 2. The largest absolute Gasteiger partial charge is 0.480 e. The van der Waals surface area contributed by atoms with E-state index in [9.17, 15) is 9.59 Å². The number of rotatable bonds is 9. The molecule has 0 saturated heterocycles. The predicted octanol–water partition coefficient (Wildman–Crippen LogP) is 2.89. The Labute approximate surface area is 224 Å². The minimum absolute atomic E-state index is 0.0328. The van der Waals surface area contributed by atoms with E-state index in [4.69, 9.17) is 19.6 Å². The number of anilines is 2. The van der Waals surface area contributed by atoms with Crippen LogP contribution >= 0.6 is 0 Å². The van der Waals surface area contributed by atoms with Crippen LogP contribution in [-0.4, -0.2) is 58.2 Å². The summed E-state index contributed by atoms with van der Waals surface area (Å²) >= 11 is 0. The summed E-state index contributed by atoms with van der Waals surface area (Å²) in [4.78, 5) is 29.9. The third-order valence-corrected chi connectivity index (χ3v) is 11.6. The number of ether oxygens (including phenoxy) is 2. The van der Waals surface area contributed by atoms with Gasteiger partial charge in [-0.3, -0.25) is 4.79 Å². The van der Waals surface area contributed by atoms with Gasteiger partial charge in [-0.05, 0) is 27.5 Å². The number of benzene rings is 2. The van der Waals surface area contributed by atoms with Gasteiger partial charge in [-0.25, -0.2) is 9.78 Å². The summed E-state index contributed by atoms with van der Waals surface area (Å²) in [5.41, 5.74) is 5.36. The minimum atomic E-state index is -2.94. The highest BCUT2D eigenvalue weighted by Crippen LogP contribution is 2.38. The molecule has 3 N–H and O–H groups in total. The van der Waals surface area contributed by atoms with Crippen LogP contribution in [-0.2, 0) is 14.0 Å². The third-order valence-electron chi connectivity index (χ3n) is 6.50. The van der Waals surface area contributed by atoms with E-state index in [0.29, 0.717) is 23.9 Å². The maximum Gasteiger partial charge on any atom is 0.404 e. The van der Waals surface area contributed by atoms with Gasteiger partial charge in [-0.15, -0.1) is 0 Å². The highest BCUT2D eigenvalue weighted by molar-refractivity contribution is 6.99. The predicted molar refractivity (Wildman–Crippen MR) is 150 cm³/mol. The van der Waals surface area contributed by atoms with Crippen molar-refractivity contribution in [3.05, 3.63) is 72.8 Å². The molecule has 1 aliphatic heterocycles. The van der Waals surface area contributed by atoms with Crippen LogP contribution < -0.4 is 31.1 Å². The first-order chi connectivity index (χ1) is 18.1. The summed E-state index contributed by atoms with van der Waals surface area (Å²) in [5.74, 6) is 1.22. The van der Waals surface area contributed by atoms with Crippen molar-refractivity contribution < 1.29 is 23.5 Å². The summed E-state index contributed by atoms with van der Waals surface area (Å²) in [6, 6.07) is 24.0. The summed E-state index contributed by atoms with van der Waals surface area (Å²) < 4.78 is 17.9. The van der Waals surface area contributed by atoms with E-state index in [0.717, 1.165) is 10.4 Å². The number of fused-ring (bicyclic) bond motifs is 1. The lowest BCUT2D eigenvalue weighted by Gasteiger charge is -2.45. The van der Waals surface area contributed by atoms with Crippen molar-refractivity contribution in [1.29, 1.82) is 0 Å². The molecule has 1 aromatic heterocycles. The van der Waals surface area contributed by atoms with Crippen molar-refractivity contribution in [1.82, 2.24) is 4.98 Å². The highest BCUT2D eigenvalue weighted by atomic mass is 28.4. The fraction of sp³-hybridized carbons (Fsp3) is 0.321. The van der Waals surface area contributed by atoms with Crippen LogP contribution in [0.25, 0.3) is 0 Å². The number of pyridine rings is 1. The molecule has 3 aromatic rings. The van der Waals surface area contributed by atoms with Crippen LogP contribution in [0.15, 0.2) is 72.8 Å². The zero-order valence-electron chi connectivity index (χ0n) is 22.1. The van der Waals surface area contributed by atoms with Gasteiger partial charge in [0.05, 0.1) is 6.10 Å². The second-order valence-electron chi connectivity index (χ2n) is 10.3. The maximum atomic E-state index is 11.8. The van der Waals surface area contributed by atoms with E-state index in [1.807, 2.05) is 54.4 Å². The smallest absolute Gasteiger partial charge is 0.404 e. The number of aromatic nitrogens is 1. The molecule has 1 atom stereocenters. The van der Waals surface area contributed by atoms with Gasteiger partial charge in [0.2, 0.25) is 0 Å². The number of carbonyl (C=O) groups excluding carboxylic acids is 2. The summed E-state index contributed by atoms with van der Waals surface area (Å²) in [6.07, 6.45) is -1.40. The Kier molecular flexibility index (Phi) is 8.03. The van der Waals surface area contributed by atoms with E-state index in [1.165, 1.54) is 0 Å². The molecule has 4 rings (SSSR count).